The third-order valence-electron chi connectivity index (χ3n) is 2.18. The van der Waals surface area contributed by atoms with Crippen LogP contribution in [0.1, 0.15) is 39.5 Å². The van der Waals surface area contributed by atoms with Crippen LogP contribution >= 0.6 is 0 Å². The van der Waals surface area contributed by atoms with E-state index in [0.717, 1.165) is 13.2 Å². The monoisotopic (exact) mass is 172 g/mol. The molecule has 1 rings (SSSR count). The van der Waals surface area contributed by atoms with E-state index in [1.807, 2.05) is 0 Å². The minimum absolute atomic E-state index is 0.415. The fraction of sp³-hybridized carbons (Fsp3) is 1.00. The third kappa shape index (κ3) is 4.73. The highest BCUT2D eigenvalue weighted by Gasteiger charge is 2.23. The van der Waals surface area contributed by atoms with Gasteiger partial charge in [0.05, 0.1) is 19.3 Å². The topological polar surface area (TPSA) is 21.8 Å². The van der Waals surface area contributed by atoms with Gasteiger partial charge in [0.1, 0.15) is 6.10 Å². The second-order valence-electron chi connectivity index (χ2n) is 3.60. The Bertz CT molecular complexity index is 110. The summed E-state index contributed by atoms with van der Waals surface area (Å²) in [5.41, 5.74) is 0. The minimum atomic E-state index is 0.415. The van der Waals surface area contributed by atoms with Gasteiger partial charge in [-0.15, -0.1) is 0 Å². The van der Waals surface area contributed by atoms with Crippen LogP contribution in [-0.4, -0.2) is 25.4 Å². The average molecular weight is 172 g/mol. The summed E-state index contributed by atoms with van der Waals surface area (Å²) in [5, 5.41) is 0. The summed E-state index contributed by atoms with van der Waals surface area (Å²) in [6, 6.07) is 0. The Balaban J connectivity index is 1.84. The van der Waals surface area contributed by atoms with Gasteiger partial charge < -0.3 is 9.47 Å². The molecule has 1 heterocycles. The highest BCUT2D eigenvalue weighted by Crippen LogP contribution is 2.12. The van der Waals surface area contributed by atoms with Gasteiger partial charge in [-0.2, -0.15) is 0 Å². The maximum absolute atomic E-state index is 5.59. The molecule has 72 valence electrons. The van der Waals surface area contributed by atoms with E-state index < -0.39 is 0 Å². The summed E-state index contributed by atoms with van der Waals surface area (Å²) in [6.07, 6.45) is 5.94. The molecule has 2 heteroatoms. The van der Waals surface area contributed by atoms with Crippen LogP contribution in [0.4, 0.5) is 0 Å². The van der Waals surface area contributed by atoms with Crippen molar-refractivity contribution >= 4 is 0 Å². The summed E-state index contributed by atoms with van der Waals surface area (Å²) in [6.45, 7) is 6.08. The van der Waals surface area contributed by atoms with Gasteiger partial charge in [-0.05, 0) is 13.3 Å². The predicted molar refractivity (Wildman–Crippen MR) is 49.3 cm³/mol. The molecule has 0 bridgehead atoms. The molecule has 2 atom stereocenters. The van der Waals surface area contributed by atoms with Gasteiger partial charge in [-0.3, -0.25) is 0 Å². The highest BCUT2D eigenvalue weighted by atomic mass is 16.6. The van der Waals surface area contributed by atoms with Crippen LogP contribution in [0.5, 0.6) is 0 Å². The van der Waals surface area contributed by atoms with Gasteiger partial charge in [0.15, 0.2) is 0 Å². The molecule has 1 saturated heterocycles. The lowest BCUT2D eigenvalue weighted by molar-refractivity contribution is 0.0477. The number of unbranched alkanes of at least 4 members (excludes halogenated alkanes) is 2. The maximum atomic E-state index is 5.59. The number of hydrogen-bond acceptors (Lipinski definition) is 2. The molecule has 12 heavy (non-hydrogen) atoms. The van der Waals surface area contributed by atoms with Crippen molar-refractivity contribution in [3.63, 3.8) is 0 Å². The minimum Gasteiger partial charge on any atom is -0.376 e. The molecule has 0 radical (unpaired) electrons. The zero-order valence-corrected chi connectivity index (χ0v) is 8.21. The zero-order valence-electron chi connectivity index (χ0n) is 8.21. The smallest absolute Gasteiger partial charge is 0.104 e. The number of hydrogen-bond donors (Lipinski definition) is 0. The van der Waals surface area contributed by atoms with Crippen molar-refractivity contribution in [2.75, 3.05) is 13.2 Å². The van der Waals surface area contributed by atoms with Crippen LogP contribution in [-0.2, 0) is 9.47 Å². The molecule has 0 amide bonds. The van der Waals surface area contributed by atoms with Crippen LogP contribution in [0, 0.1) is 0 Å². The van der Waals surface area contributed by atoms with Crippen molar-refractivity contribution in [1.82, 2.24) is 0 Å². The first kappa shape index (κ1) is 10.0. The van der Waals surface area contributed by atoms with Crippen LogP contribution in [0.25, 0.3) is 0 Å². The van der Waals surface area contributed by atoms with Crippen molar-refractivity contribution < 1.29 is 9.47 Å². The Labute approximate surface area is 75.2 Å². The molecule has 2 nitrogen and oxygen atoms in total. The van der Waals surface area contributed by atoms with Crippen LogP contribution in [0.15, 0.2) is 0 Å². The van der Waals surface area contributed by atoms with Crippen molar-refractivity contribution in [1.29, 1.82) is 0 Å². The van der Waals surface area contributed by atoms with Crippen molar-refractivity contribution in [3.05, 3.63) is 0 Å². The molecular formula is C10H20O2. The van der Waals surface area contributed by atoms with E-state index in [1.54, 1.807) is 0 Å². The second kappa shape index (κ2) is 5.55. The van der Waals surface area contributed by atoms with Gasteiger partial charge in [-0.25, -0.2) is 0 Å². The lowest BCUT2D eigenvalue weighted by Gasteiger charge is -2.11. The lowest BCUT2D eigenvalue weighted by Crippen LogP contribution is -2.12. The van der Waals surface area contributed by atoms with E-state index in [9.17, 15) is 0 Å². The first-order valence-electron chi connectivity index (χ1n) is 5.06. The first-order valence-corrected chi connectivity index (χ1v) is 5.06. The van der Waals surface area contributed by atoms with Gasteiger partial charge in [-0.1, -0.05) is 26.2 Å². The normalized spacial score (nSPS) is 24.0. The molecule has 1 aliphatic rings. The number of ether oxygens (including phenoxy) is 2. The van der Waals surface area contributed by atoms with Gasteiger partial charge in [0, 0.05) is 0 Å². The standard InChI is InChI=1S/C10H20O2/c1-3-4-5-6-9(2)11-7-10-8-12-10/h9-10H,3-8H2,1-2H3. The molecule has 0 N–H and O–H groups in total. The molecule has 0 aromatic rings. The summed E-state index contributed by atoms with van der Waals surface area (Å²) < 4.78 is 10.6. The van der Waals surface area contributed by atoms with E-state index in [2.05, 4.69) is 13.8 Å². The molecule has 1 aliphatic heterocycles. The molecular weight excluding hydrogens is 152 g/mol. The SMILES string of the molecule is CCCCCC(C)OCC1CO1. The summed E-state index contributed by atoms with van der Waals surface area (Å²) in [5.74, 6) is 0. The van der Waals surface area contributed by atoms with E-state index in [4.69, 9.17) is 9.47 Å². The van der Waals surface area contributed by atoms with Gasteiger partial charge in [0.2, 0.25) is 0 Å². The summed E-state index contributed by atoms with van der Waals surface area (Å²) in [4.78, 5) is 0. The van der Waals surface area contributed by atoms with Gasteiger partial charge >= 0.3 is 0 Å². The van der Waals surface area contributed by atoms with Crippen LogP contribution < -0.4 is 0 Å². The average Bonchev–Trinajstić information content (AvgIpc) is 2.84. The Morgan fingerprint density at radius 2 is 2.25 bits per heavy atom. The maximum Gasteiger partial charge on any atom is 0.104 e. The Morgan fingerprint density at radius 3 is 2.83 bits per heavy atom. The van der Waals surface area contributed by atoms with Gasteiger partial charge in [0.25, 0.3) is 0 Å². The molecule has 0 aromatic carbocycles. The predicted octanol–water partition coefficient (Wildman–Crippen LogP) is 2.37. The van der Waals surface area contributed by atoms with E-state index in [0.29, 0.717) is 12.2 Å². The quantitative estimate of drug-likeness (QED) is 0.434. The first-order chi connectivity index (χ1) is 5.83. The Morgan fingerprint density at radius 1 is 1.50 bits per heavy atom. The molecule has 0 aromatic heterocycles. The van der Waals surface area contributed by atoms with E-state index in [-0.39, 0.29) is 0 Å². The fourth-order valence-electron chi connectivity index (χ4n) is 1.20. The van der Waals surface area contributed by atoms with E-state index in [1.165, 1.54) is 25.7 Å². The van der Waals surface area contributed by atoms with Crippen molar-refractivity contribution in [2.45, 2.75) is 51.7 Å². The number of rotatable bonds is 7. The Hall–Kier alpha value is -0.0800. The third-order valence-corrected chi connectivity index (χ3v) is 2.18. The molecule has 1 fully saturated rings. The molecule has 0 aliphatic carbocycles. The Kier molecular flexibility index (Phi) is 4.62. The molecule has 0 spiro atoms. The number of epoxide rings is 1. The largest absolute Gasteiger partial charge is 0.376 e. The van der Waals surface area contributed by atoms with Crippen LogP contribution in [0.2, 0.25) is 0 Å². The highest BCUT2D eigenvalue weighted by molar-refractivity contribution is 4.68. The second-order valence-corrected chi connectivity index (χ2v) is 3.60. The zero-order chi connectivity index (χ0) is 8.81. The van der Waals surface area contributed by atoms with Crippen LogP contribution in [0.3, 0.4) is 0 Å². The summed E-state index contributed by atoms with van der Waals surface area (Å²) >= 11 is 0. The van der Waals surface area contributed by atoms with E-state index >= 15 is 0 Å². The molecule has 2 unspecified atom stereocenters. The fourth-order valence-corrected chi connectivity index (χ4v) is 1.20. The van der Waals surface area contributed by atoms with Crippen molar-refractivity contribution in [2.24, 2.45) is 0 Å². The summed E-state index contributed by atoms with van der Waals surface area (Å²) in [7, 11) is 0. The molecule has 0 saturated carbocycles. The van der Waals surface area contributed by atoms with Crippen molar-refractivity contribution in [3.8, 4) is 0 Å². The lowest BCUT2D eigenvalue weighted by atomic mass is 10.1.